The number of aromatic amines is 1. The molecule has 2 aromatic heterocycles. The van der Waals surface area contributed by atoms with Crippen molar-refractivity contribution in [3.63, 3.8) is 0 Å². The van der Waals surface area contributed by atoms with E-state index in [-0.39, 0.29) is 6.61 Å². The highest BCUT2D eigenvalue weighted by Gasteiger charge is 2.22. The summed E-state index contributed by atoms with van der Waals surface area (Å²) in [6.07, 6.45) is -0.494. The van der Waals surface area contributed by atoms with Crippen molar-refractivity contribution in [2.45, 2.75) is 13.5 Å². The first-order chi connectivity index (χ1) is 16.0. The first kappa shape index (κ1) is 20.3. The van der Waals surface area contributed by atoms with Crippen LogP contribution in [-0.2, 0) is 11.3 Å². The number of hydrogen-bond donors (Lipinski definition) is 3. The van der Waals surface area contributed by atoms with Crippen molar-refractivity contribution < 1.29 is 19.0 Å². The smallest absolute Gasteiger partial charge is 0.411 e. The van der Waals surface area contributed by atoms with E-state index in [4.69, 9.17) is 14.2 Å². The summed E-state index contributed by atoms with van der Waals surface area (Å²) in [5.41, 5.74) is 5.41. The Labute approximate surface area is 188 Å². The molecule has 3 N–H and O–H groups in total. The van der Waals surface area contributed by atoms with Crippen LogP contribution in [0.1, 0.15) is 16.8 Å². The number of amides is 1. The minimum absolute atomic E-state index is 0.212. The topological polar surface area (TPSA) is 126 Å². The Morgan fingerprint density at radius 3 is 2.76 bits per heavy atom. The number of anilines is 3. The molecule has 1 amide bonds. The number of hydrogen-bond acceptors (Lipinski definition) is 7. The van der Waals surface area contributed by atoms with E-state index in [1.165, 1.54) is 0 Å². The lowest BCUT2D eigenvalue weighted by molar-refractivity contribution is 0.151. The largest absolute Gasteiger partial charge is 0.493 e. The molecule has 166 valence electrons. The standard InChI is InChI=1S/C23H20N6O4/c1-12-16(10-24)21-27-20(13-4-5-14-11-33-23(30)26-17(14)8-13)22(29(21)28-12)25-15-6-7-18(31-2)19(9-15)32-3/h4-9,25,27H,11H2,1-3H3,(H,26,30). The number of nitrogens with one attached hydrogen (secondary N) is 3. The van der Waals surface area contributed by atoms with Gasteiger partial charge in [0, 0.05) is 22.9 Å². The second kappa shape index (κ2) is 7.80. The second-order valence-corrected chi connectivity index (χ2v) is 7.45. The van der Waals surface area contributed by atoms with Crippen LogP contribution in [0.4, 0.5) is 22.0 Å². The Morgan fingerprint density at radius 2 is 2.00 bits per heavy atom. The van der Waals surface area contributed by atoms with Gasteiger partial charge in [-0.15, -0.1) is 0 Å². The van der Waals surface area contributed by atoms with E-state index in [1.54, 1.807) is 31.7 Å². The molecule has 1 aliphatic heterocycles. The Morgan fingerprint density at radius 1 is 1.18 bits per heavy atom. The third-order valence-corrected chi connectivity index (χ3v) is 5.50. The summed E-state index contributed by atoms with van der Waals surface area (Å²) < 4.78 is 17.4. The van der Waals surface area contributed by atoms with Crippen LogP contribution in [-0.4, -0.2) is 34.9 Å². The van der Waals surface area contributed by atoms with Crippen LogP contribution in [0.5, 0.6) is 11.5 Å². The molecule has 0 bridgehead atoms. The van der Waals surface area contributed by atoms with Gasteiger partial charge in [-0.1, -0.05) is 12.1 Å². The number of aryl methyl sites for hydroxylation is 1. The molecular weight excluding hydrogens is 424 g/mol. The van der Waals surface area contributed by atoms with E-state index in [2.05, 4.69) is 26.8 Å². The molecule has 0 unspecified atom stereocenters. The monoisotopic (exact) mass is 444 g/mol. The highest BCUT2D eigenvalue weighted by atomic mass is 16.5. The number of ether oxygens (including phenoxy) is 3. The van der Waals surface area contributed by atoms with Crippen LogP contribution in [0.2, 0.25) is 0 Å². The number of aromatic nitrogens is 3. The average molecular weight is 444 g/mol. The van der Waals surface area contributed by atoms with Crippen molar-refractivity contribution in [2.75, 3.05) is 24.9 Å². The van der Waals surface area contributed by atoms with Crippen LogP contribution in [0.3, 0.4) is 0 Å². The third-order valence-electron chi connectivity index (χ3n) is 5.50. The van der Waals surface area contributed by atoms with Gasteiger partial charge in [-0.3, -0.25) is 5.32 Å². The summed E-state index contributed by atoms with van der Waals surface area (Å²) in [4.78, 5) is 15.0. The zero-order chi connectivity index (χ0) is 23.1. The highest BCUT2D eigenvalue weighted by Crippen LogP contribution is 2.37. The minimum atomic E-state index is -0.494. The van der Waals surface area contributed by atoms with Crippen LogP contribution in [0, 0.1) is 18.3 Å². The number of nitriles is 1. The summed E-state index contributed by atoms with van der Waals surface area (Å²) in [5, 5.41) is 20.3. The number of H-pyrrole nitrogens is 1. The van der Waals surface area contributed by atoms with E-state index < -0.39 is 6.09 Å². The zero-order valence-corrected chi connectivity index (χ0v) is 18.1. The number of rotatable bonds is 5. The molecule has 5 rings (SSSR count). The third kappa shape index (κ3) is 3.36. The number of benzene rings is 2. The number of carbonyl (C=O) groups is 1. The normalized spacial score (nSPS) is 12.5. The van der Waals surface area contributed by atoms with Crippen LogP contribution >= 0.6 is 0 Å². The summed E-state index contributed by atoms with van der Waals surface area (Å²) >= 11 is 0. The van der Waals surface area contributed by atoms with Gasteiger partial charge in [0.15, 0.2) is 23.0 Å². The number of imidazole rings is 1. The second-order valence-electron chi connectivity index (χ2n) is 7.45. The molecule has 33 heavy (non-hydrogen) atoms. The molecule has 10 nitrogen and oxygen atoms in total. The van der Waals surface area contributed by atoms with Gasteiger partial charge in [-0.25, -0.2) is 4.79 Å². The molecule has 0 spiro atoms. The van der Waals surface area contributed by atoms with E-state index >= 15 is 0 Å². The first-order valence-electron chi connectivity index (χ1n) is 10.1. The maximum atomic E-state index is 11.7. The molecule has 0 radical (unpaired) electrons. The SMILES string of the molecule is COc1ccc(Nc2c(-c3ccc4c(c3)NC(=O)OC4)[nH]c3c(C#N)c(C)nn23)cc1OC. The van der Waals surface area contributed by atoms with Crippen molar-refractivity contribution in [1.82, 2.24) is 14.6 Å². The number of fused-ring (bicyclic) bond motifs is 2. The fourth-order valence-corrected chi connectivity index (χ4v) is 3.86. The summed E-state index contributed by atoms with van der Waals surface area (Å²) in [5.74, 6) is 1.80. The van der Waals surface area contributed by atoms with Crippen LogP contribution in [0.15, 0.2) is 36.4 Å². The molecule has 0 saturated carbocycles. The van der Waals surface area contributed by atoms with E-state index in [0.29, 0.717) is 45.6 Å². The van der Waals surface area contributed by atoms with Gasteiger partial charge in [0.2, 0.25) is 0 Å². The van der Waals surface area contributed by atoms with Gasteiger partial charge in [0.05, 0.1) is 31.3 Å². The summed E-state index contributed by atoms with van der Waals surface area (Å²) in [6.45, 7) is 2.00. The van der Waals surface area contributed by atoms with Crippen molar-refractivity contribution in [1.29, 1.82) is 5.26 Å². The van der Waals surface area contributed by atoms with Gasteiger partial charge < -0.3 is 24.5 Å². The highest BCUT2D eigenvalue weighted by molar-refractivity contribution is 5.90. The molecule has 0 atom stereocenters. The molecule has 1 aliphatic rings. The van der Waals surface area contributed by atoms with Crippen LogP contribution < -0.4 is 20.1 Å². The van der Waals surface area contributed by atoms with Crippen molar-refractivity contribution >= 4 is 28.9 Å². The van der Waals surface area contributed by atoms with Gasteiger partial charge in [-0.2, -0.15) is 14.9 Å². The Hall–Kier alpha value is -4.65. The Bertz CT molecular complexity index is 1450. The summed E-state index contributed by atoms with van der Waals surface area (Å²) in [6, 6.07) is 13.4. The Kier molecular flexibility index (Phi) is 4.79. The fourth-order valence-electron chi connectivity index (χ4n) is 3.86. The predicted octanol–water partition coefficient (Wildman–Crippen LogP) is 4.33. The van der Waals surface area contributed by atoms with Crippen molar-refractivity contribution in [2.24, 2.45) is 0 Å². The van der Waals surface area contributed by atoms with E-state index in [9.17, 15) is 10.1 Å². The van der Waals surface area contributed by atoms with Gasteiger partial charge in [0.25, 0.3) is 0 Å². The quantitative estimate of drug-likeness (QED) is 0.418. The molecule has 0 fully saturated rings. The maximum absolute atomic E-state index is 11.7. The number of methoxy groups -OCH3 is 2. The van der Waals surface area contributed by atoms with Crippen molar-refractivity contribution in [3.05, 3.63) is 53.2 Å². The molecule has 3 heterocycles. The molecule has 0 aliphatic carbocycles. The lowest BCUT2D eigenvalue weighted by Crippen LogP contribution is -2.20. The molecule has 10 heteroatoms. The molecular formula is C23H20N6O4. The fraction of sp³-hybridized carbons (Fsp3) is 0.174. The van der Waals surface area contributed by atoms with Gasteiger partial charge >= 0.3 is 6.09 Å². The molecule has 4 aromatic rings. The number of cyclic esters (lactones) is 1. The Balaban J connectivity index is 1.66. The lowest BCUT2D eigenvalue weighted by atomic mass is 10.1. The van der Waals surface area contributed by atoms with Gasteiger partial charge in [0.1, 0.15) is 18.2 Å². The molecule has 0 saturated heterocycles. The van der Waals surface area contributed by atoms with E-state index in [1.807, 2.05) is 30.3 Å². The summed E-state index contributed by atoms with van der Waals surface area (Å²) in [7, 11) is 3.15. The average Bonchev–Trinajstić information content (AvgIpc) is 3.32. The number of nitrogens with zero attached hydrogens (tertiary/aromatic N) is 3. The predicted molar refractivity (Wildman–Crippen MR) is 121 cm³/mol. The van der Waals surface area contributed by atoms with Gasteiger partial charge in [-0.05, 0) is 25.1 Å². The van der Waals surface area contributed by atoms with E-state index in [0.717, 1.165) is 16.8 Å². The zero-order valence-electron chi connectivity index (χ0n) is 18.1. The van der Waals surface area contributed by atoms with Crippen LogP contribution in [0.25, 0.3) is 16.9 Å². The maximum Gasteiger partial charge on any atom is 0.411 e. The lowest BCUT2D eigenvalue weighted by Gasteiger charge is -2.18. The molecule has 2 aromatic carbocycles. The minimum Gasteiger partial charge on any atom is -0.493 e. The van der Waals surface area contributed by atoms with Crippen molar-refractivity contribution in [3.8, 4) is 28.8 Å². The number of carbonyl (C=O) groups excluding carboxylic acids is 1. The first-order valence-corrected chi connectivity index (χ1v) is 10.1.